The molecule has 0 spiro atoms. The van der Waals surface area contributed by atoms with E-state index in [1.807, 2.05) is 59.2 Å². The van der Waals surface area contributed by atoms with Gasteiger partial charge < -0.3 is 14.5 Å². The molecule has 0 radical (unpaired) electrons. The van der Waals surface area contributed by atoms with Crippen LogP contribution in [0.25, 0.3) is 10.8 Å². The van der Waals surface area contributed by atoms with Gasteiger partial charge in [0.25, 0.3) is 5.91 Å². The minimum absolute atomic E-state index is 0.0728. The third-order valence-electron chi connectivity index (χ3n) is 5.85. The fraction of sp³-hybridized carbons (Fsp3) is 0.455. The normalized spacial score (nSPS) is 19.6. The van der Waals surface area contributed by atoms with Crippen molar-refractivity contribution < 1.29 is 14.3 Å². The van der Waals surface area contributed by atoms with Gasteiger partial charge in [0.05, 0.1) is 19.3 Å². The van der Waals surface area contributed by atoms with Gasteiger partial charge in [-0.05, 0) is 23.8 Å². The predicted octanol–water partition coefficient (Wildman–Crippen LogP) is 1.84. The van der Waals surface area contributed by atoms with Gasteiger partial charge in [0.2, 0.25) is 5.91 Å². The largest absolute Gasteiger partial charge is 0.378 e. The Morgan fingerprint density at radius 2 is 1.54 bits per heavy atom. The average Bonchev–Trinajstić information content (AvgIpc) is 2.78. The highest BCUT2D eigenvalue weighted by Gasteiger charge is 2.31. The molecule has 2 amide bonds. The molecule has 1 atom stereocenters. The van der Waals surface area contributed by atoms with Gasteiger partial charge in [-0.3, -0.25) is 14.5 Å². The molecule has 2 fully saturated rings. The zero-order chi connectivity index (χ0) is 19.5. The van der Waals surface area contributed by atoms with E-state index in [1.165, 1.54) is 0 Å². The highest BCUT2D eigenvalue weighted by Crippen LogP contribution is 2.21. The van der Waals surface area contributed by atoms with Crippen molar-refractivity contribution in [2.45, 2.75) is 13.0 Å². The molecule has 28 heavy (non-hydrogen) atoms. The topological polar surface area (TPSA) is 53.1 Å². The van der Waals surface area contributed by atoms with Crippen LogP contribution in [0.15, 0.2) is 42.5 Å². The second-order valence-electron chi connectivity index (χ2n) is 7.47. The Morgan fingerprint density at radius 1 is 0.857 bits per heavy atom. The van der Waals surface area contributed by atoms with E-state index in [4.69, 9.17) is 4.74 Å². The molecule has 4 rings (SSSR count). The molecule has 1 unspecified atom stereocenters. The Hall–Kier alpha value is -2.44. The quantitative estimate of drug-likeness (QED) is 0.814. The summed E-state index contributed by atoms with van der Waals surface area (Å²) in [6.07, 6.45) is 0. The lowest BCUT2D eigenvalue weighted by Crippen LogP contribution is -2.56. The van der Waals surface area contributed by atoms with Crippen molar-refractivity contribution in [2.75, 3.05) is 52.5 Å². The Morgan fingerprint density at radius 3 is 2.29 bits per heavy atom. The summed E-state index contributed by atoms with van der Waals surface area (Å²) in [5.41, 5.74) is 0.754. The monoisotopic (exact) mass is 381 g/mol. The maximum Gasteiger partial charge on any atom is 0.254 e. The standard InChI is InChI=1S/C22H27N3O3/c1-17(21(26)25-13-15-28-16-14-25)23-9-11-24(12-10-23)22(27)20-8-4-6-18-5-2-3-7-19(18)20/h2-8,17H,9-16H2,1H3. The van der Waals surface area contributed by atoms with Gasteiger partial charge in [-0.2, -0.15) is 0 Å². The number of hydrogen-bond donors (Lipinski definition) is 0. The summed E-state index contributed by atoms with van der Waals surface area (Å²) < 4.78 is 5.34. The first-order valence-corrected chi connectivity index (χ1v) is 10.0. The lowest BCUT2D eigenvalue weighted by atomic mass is 10.0. The molecular weight excluding hydrogens is 354 g/mol. The van der Waals surface area contributed by atoms with Crippen molar-refractivity contribution >= 4 is 22.6 Å². The first kappa shape index (κ1) is 18.9. The van der Waals surface area contributed by atoms with E-state index < -0.39 is 0 Å². The number of piperazine rings is 1. The van der Waals surface area contributed by atoms with Gasteiger partial charge in [0.1, 0.15) is 0 Å². The van der Waals surface area contributed by atoms with Crippen LogP contribution in [-0.2, 0) is 9.53 Å². The molecule has 2 heterocycles. The summed E-state index contributed by atoms with van der Waals surface area (Å²) in [5, 5.41) is 2.07. The number of fused-ring (bicyclic) bond motifs is 1. The van der Waals surface area contributed by atoms with Gasteiger partial charge in [-0.15, -0.1) is 0 Å². The SMILES string of the molecule is CC(C(=O)N1CCOCC1)N1CCN(C(=O)c2cccc3ccccc23)CC1. The van der Waals surface area contributed by atoms with Crippen molar-refractivity contribution in [1.82, 2.24) is 14.7 Å². The smallest absolute Gasteiger partial charge is 0.254 e. The minimum Gasteiger partial charge on any atom is -0.378 e. The van der Waals surface area contributed by atoms with Crippen molar-refractivity contribution in [3.63, 3.8) is 0 Å². The van der Waals surface area contributed by atoms with Gasteiger partial charge >= 0.3 is 0 Å². The number of morpholine rings is 1. The highest BCUT2D eigenvalue weighted by molar-refractivity contribution is 6.07. The van der Waals surface area contributed by atoms with Crippen LogP contribution in [0.2, 0.25) is 0 Å². The van der Waals surface area contributed by atoms with Crippen molar-refractivity contribution in [2.24, 2.45) is 0 Å². The number of amides is 2. The lowest BCUT2D eigenvalue weighted by Gasteiger charge is -2.39. The van der Waals surface area contributed by atoms with Crippen LogP contribution >= 0.6 is 0 Å². The molecule has 6 nitrogen and oxygen atoms in total. The molecule has 0 aromatic heterocycles. The lowest BCUT2D eigenvalue weighted by molar-refractivity contribution is -0.141. The third kappa shape index (κ3) is 3.75. The second kappa shape index (κ2) is 8.29. The summed E-state index contributed by atoms with van der Waals surface area (Å²) in [5.74, 6) is 0.237. The third-order valence-corrected chi connectivity index (χ3v) is 5.85. The summed E-state index contributed by atoms with van der Waals surface area (Å²) in [4.78, 5) is 31.8. The van der Waals surface area contributed by atoms with E-state index in [-0.39, 0.29) is 17.9 Å². The Labute approximate surface area is 165 Å². The number of rotatable bonds is 3. The van der Waals surface area contributed by atoms with Gasteiger partial charge in [-0.25, -0.2) is 0 Å². The minimum atomic E-state index is -0.159. The number of ether oxygens (including phenoxy) is 1. The number of carbonyl (C=O) groups is 2. The highest BCUT2D eigenvalue weighted by atomic mass is 16.5. The molecule has 2 aromatic carbocycles. The number of carbonyl (C=O) groups excluding carboxylic acids is 2. The molecule has 2 saturated heterocycles. The summed E-state index contributed by atoms with van der Waals surface area (Å²) in [6.45, 7) is 7.26. The predicted molar refractivity (Wildman–Crippen MR) is 108 cm³/mol. The molecule has 2 aliphatic heterocycles. The molecule has 2 aromatic rings. The molecule has 148 valence electrons. The fourth-order valence-electron chi connectivity index (χ4n) is 4.10. The molecule has 0 aliphatic carbocycles. The molecule has 0 N–H and O–H groups in total. The maximum atomic E-state index is 13.1. The van der Waals surface area contributed by atoms with E-state index in [9.17, 15) is 9.59 Å². The van der Waals surface area contributed by atoms with Gasteiger partial charge in [0.15, 0.2) is 0 Å². The number of benzene rings is 2. The molecule has 0 saturated carbocycles. The Kier molecular flexibility index (Phi) is 5.59. The van der Waals surface area contributed by atoms with Gasteiger partial charge in [-0.1, -0.05) is 36.4 Å². The first-order valence-electron chi connectivity index (χ1n) is 10.0. The van der Waals surface area contributed by atoms with Crippen LogP contribution in [0.3, 0.4) is 0 Å². The van der Waals surface area contributed by atoms with Crippen LogP contribution in [0, 0.1) is 0 Å². The van der Waals surface area contributed by atoms with Crippen LogP contribution in [-0.4, -0.2) is 85.0 Å². The molecule has 2 aliphatic rings. The Bertz CT molecular complexity index is 850. The first-order chi connectivity index (χ1) is 13.6. The van der Waals surface area contributed by atoms with Crippen LogP contribution < -0.4 is 0 Å². The average molecular weight is 381 g/mol. The number of nitrogens with zero attached hydrogens (tertiary/aromatic N) is 3. The second-order valence-corrected chi connectivity index (χ2v) is 7.47. The number of hydrogen-bond acceptors (Lipinski definition) is 4. The maximum absolute atomic E-state index is 13.1. The van der Waals surface area contributed by atoms with Crippen molar-refractivity contribution in [3.05, 3.63) is 48.0 Å². The zero-order valence-corrected chi connectivity index (χ0v) is 16.3. The summed E-state index contributed by atoms with van der Waals surface area (Å²) in [7, 11) is 0. The van der Waals surface area contributed by atoms with Crippen molar-refractivity contribution in [3.8, 4) is 0 Å². The van der Waals surface area contributed by atoms with E-state index in [1.54, 1.807) is 0 Å². The summed E-state index contributed by atoms with van der Waals surface area (Å²) in [6, 6.07) is 13.7. The molecular formula is C22H27N3O3. The summed E-state index contributed by atoms with van der Waals surface area (Å²) >= 11 is 0. The zero-order valence-electron chi connectivity index (χ0n) is 16.3. The van der Waals surface area contributed by atoms with Crippen LogP contribution in [0.1, 0.15) is 17.3 Å². The Balaban J connectivity index is 1.39. The van der Waals surface area contributed by atoms with Crippen molar-refractivity contribution in [1.29, 1.82) is 0 Å². The van der Waals surface area contributed by atoms with Gasteiger partial charge in [0, 0.05) is 44.8 Å². The molecule has 6 heteroatoms. The van der Waals surface area contributed by atoms with E-state index >= 15 is 0 Å². The van der Waals surface area contributed by atoms with E-state index in [2.05, 4.69) is 4.90 Å². The van der Waals surface area contributed by atoms with E-state index in [0.29, 0.717) is 52.5 Å². The van der Waals surface area contributed by atoms with E-state index in [0.717, 1.165) is 16.3 Å². The molecule has 0 bridgehead atoms. The van der Waals surface area contributed by atoms with Crippen LogP contribution in [0.5, 0.6) is 0 Å². The fourth-order valence-corrected chi connectivity index (χ4v) is 4.10. The van der Waals surface area contributed by atoms with Crippen LogP contribution in [0.4, 0.5) is 0 Å².